The van der Waals surface area contributed by atoms with E-state index in [1.54, 1.807) is 41.5 Å². The first-order chi connectivity index (χ1) is 23.5. The molecule has 2 saturated heterocycles. The summed E-state index contributed by atoms with van der Waals surface area (Å²) in [6, 6.07) is 0. The summed E-state index contributed by atoms with van der Waals surface area (Å²) in [6.45, 7) is 14.9. The number of esters is 4. The molecule has 2 rings (SSSR count). The molecule has 0 aromatic heterocycles. The Hall–Kier alpha value is -2.94. The highest BCUT2D eigenvalue weighted by atomic mass is 16.7. The Balaban J connectivity index is 1.62. The second kappa shape index (κ2) is 20.8. The van der Waals surface area contributed by atoms with E-state index in [9.17, 15) is 28.8 Å². The van der Waals surface area contributed by atoms with Crippen molar-refractivity contribution < 1.29 is 66.7 Å². The van der Waals surface area contributed by atoms with E-state index in [1.807, 2.05) is 13.8 Å². The summed E-state index contributed by atoms with van der Waals surface area (Å²) in [6.07, 6.45) is 3.36. The molecule has 286 valence electrons. The lowest BCUT2D eigenvalue weighted by atomic mass is 9.73. The van der Waals surface area contributed by atoms with Crippen LogP contribution in [0.15, 0.2) is 0 Å². The Morgan fingerprint density at radius 1 is 0.600 bits per heavy atom. The maximum absolute atomic E-state index is 13.2. The maximum Gasteiger partial charge on any atom is 0.417 e. The van der Waals surface area contributed by atoms with Gasteiger partial charge in [0.2, 0.25) is 11.6 Å². The lowest BCUT2D eigenvalue weighted by molar-refractivity contribution is -0.181. The third-order valence-electron chi connectivity index (χ3n) is 9.05. The van der Waals surface area contributed by atoms with E-state index in [-0.39, 0.29) is 39.1 Å². The zero-order chi connectivity index (χ0) is 37.5. The van der Waals surface area contributed by atoms with Crippen LogP contribution in [0.1, 0.15) is 107 Å². The van der Waals surface area contributed by atoms with Crippen LogP contribution in [0, 0.1) is 11.3 Å². The van der Waals surface area contributed by atoms with Crippen LogP contribution in [0.25, 0.3) is 0 Å². The van der Waals surface area contributed by atoms with E-state index in [2.05, 4.69) is 0 Å². The molecule has 2 heterocycles. The van der Waals surface area contributed by atoms with E-state index < -0.39 is 76.8 Å². The molecule has 0 N–H and O–H groups in total. The van der Waals surface area contributed by atoms with Crippen LogP contribution in [0.4, 0.5) is 0 Å². The molecule has 0 radical (unpaired) electrons. The SMILES string of the molecule is CC(C)OCCCCCCOC(=O)C(=O)OCCCCCCOC(=O)C(=O)C(C)(C)C(C)(C)O[C@@H]1COC2C1OC[C@H]2OC(=O)C(=O)C(C)C. The minimum atomic E-state index is -1.29. The molecule has 0 spiro atoms. The first-order valence-electron chi connectivity index (χ1n) is 17.8. The number of Topliss-reactive ketones (excluding diaryl/α,β-unsaturated/α-hetero) is 2. The molecule has 4 atom stereocenters. The molecule has 14 nitrogen and oxygen atoms in total. The molecule has 0 bridgehead atoms. The van der Waals surface area contributed by atoms with Crippen LogP contribution in [-0.4, -0.2) is 111 Å². The predicted octanol–water partition coefficient (Wildman–Crippen LogP) is 3.86. The normalized spacial score (nSPS) is 20.4. The highest BCUT2D eigenvalue weighted by Crippen LogP contribution is 2.40. The number of carbonyl (C=O) groups excluding carboxylic acids is 6. The smallest absolute Gasteiger partial charge is 0.417 e. The summed E-state index contributed by atoms with van der Waals surface area (Å²) < 4.78 is 43.9. The molecule has 14 heteroatoms. The van der Waals surface area contributed by atoms with Crippen molar-refractivity contribution >= 4 is 35.4 Å². The molecule has 0 saturated carbocycles. The average molecular weight is 715 g/mol. The first kappa shape index (κ1) is 43.2. The van der Waals surface area contributed by atoms with E-state index >= 15 is 0 Å². The fourth-order valence-corrected chi connectivity index (χ4v) is 5.23. The van der Waals surface area contributed by atoms with Gasteiger partial charge in [-0.2, -0.15) is 0 Å². The fraction of sp³-hybridized carbons (Fsp3) is 0.833. The second-order valence-electron chi connectivity index (χ2n) is 14.3. The van der Waals surface area contributed by atoms with E-state index in [0.29, 0.717) is 38.7 Å². The largest absolute Gasteiger partial charge is 0.460 e. The maximum atomic E-state index is 13.2. The van der Waals surface area contributed by atoms with E-state index in [1.165, 1.54) is 0 Å². The van der Waals surface area contributed by atoms with Crippen molar-refractivity contribution in [2.24, 2.45) is 11.3 Å². The Labute approximate surface area is 295 Å². The number of fused-ring (bicyclic) bond motifs is 1. The number of hydrogen-bond donors (Lipinski definition) is 0. The lowest BCUT2D eigenvalue weighted by Crippen LogP contribution is -2.53. The quantitative estimate of drug-likeness (QED) is 0.0645. The van der Waals surface area contributed by atoms with Crippen molar-refractivity contribution in [1.82, 2.24) is 0 Å². The minimum absolute atomic E-state index is 0.0340. The van der Waals surface area contributed by atoms with Gasteiger partial charge in [0.25, 0.3) is 0 Å². The molecule has 2 fully saturated rings. The topological polar surface area (TPSA) is 176 Å². The number of ether oxygens (including phenoxy) is 8. The van der Waals surface area contributed by atoms with E-state index in [4.69, 9.17) is 37.9 Å². The van der Waals surface area contributed by atoms with Gasteiger partial charge in [0, 0.05) is 12.5 Å². The Kier molecular flexibility index (Phi) is 18.0. The number of unbranched alkanes of at least 4 members (excludes halogenated alkanes) is 6. The molecular weight excluding hydrogens is 656 g/mol. The summed E-state index contributed by atoms with van der Waals surface area (Å²) in [4.78, 5) is 73.6. The van der Waals surface area contributed by atoms with Crippen molar-refractivity contribution in [3.8, 4) is 0 Å². The van der Waals surface area contributed by atoms with Crippen LogP contribution in [-0.2, 0) is 66.7 Å². The number of ketones is 2. The molecule has 0 amide bonds. The van der Waals surface area contributed by atoms with Gasteiger partial charge in [-0.1, -0.05) is 20.3 Å². The van der Waals surface area contributed by atoms with Gasteiger partial charge in [-0.15, -0.1) is 0 Å². The van der Waals surface area contributed by atoms with Gasteiger partial charge in [-0.3, -0.25) is 9.59 Å². The molecule has 2 aliphatic rings. The van der Waals surface area contributed by atoms with Gasteiger partial charge in [-0.05, 0) is 86.5 Å². The minimum Gasteiger partial charge on any atom is -0.460 e. The Bertz CT molecular complexity index is 1140. The molecule has 50 heavy (non-hydrogen) atoms. The van der Waals surface area contributed by atoms with Crippen LogP contribution in [0.2, 0.25) is 0 Å². The summed E-state index contributed by atoms with van der Waals surface area (Å²) in [5.74, 6) is -5.81. The van der Waals surface area contributed by atoms with Crippen molar-refractivity contribution in [3.63, 3.8) is 0 Å². The van der Waals surface area contributed by atoms with Gasteiger partial charge in [0.05, 0.1) is 50.2 Å². The van der Waals surface area contributed by atoms with Crippen LogP contribution in [0.5, 0.6) is 0 Å². The van der Waals surface area contributed by atoms with Gasteiger partial charge in [0.15, 0.2) is 6.10 Å². The number of rotatable bonds is 23. The van der Waals surface area contributed by atoms with Crippen molar-refractivity contribution in [2.75, 3.05) is 39.6 Å². The predicted molar refractivity (Wildman–Crippen MR) is 178 cm³/mol. The molecule has 0 aromatic rings. The molecule has 0 aliphatic carbocycles. The summed E-state index contributed by atoms with van der Waals surface area (Å²) >= 11 is 0. The summed E-state index contributed by atoms with van der Waals surface area (Å²) in [5, 5.41) is 0. The molecule has 2 unspecified atom stereocenters. The highest BCUT2D eigenvalue weighted by Gasteiger charge is 2.55. The lowest BCUT2D eigenvalue weighted by Gasteiger charge is -2.41. The molecule has 2 aliphatic heterocycles. The van der Waals surface area contributed by atoms with Crippen LogP contribution < -0.4 is 0 Å². The van der Waals surface area contributed by atoms with Crippen molar-refractivity contribution in [3.05, 3.63) is 0 Å². The summed E-state index contributed by atoms with van der Waals surface area (Å²) in [5.41, 5.74) is -2.44. The van der Waals surface area contributed by atoms with Gasteiger partial charge < -0.3 is 37.9 Å². The van der Waals surface area contributed by atoms with Gasteiger partial charge in [0.1, 0.15) is 18.3 Å². The fourth-order valence-electron chi connectivity index (χ4n) is 5.23. The van der Waals surface area contributed by atoms with Crippen molar-refractivity contribution in [2.45, 2.75) is 143 Å². The number of carbonyl (C=O) groups is 6. The Morgan fingerprint density at radius 2 is 1.04 bits per heavy atom. The summed E-state index contributed by atoms with van der Waals surface area (Å²) in [7, 11) is 0. The van der Waals surface area contributed by atoms with E-state index in [0.717, 1.165) is 19.3 Å². The van der Waals surface area contributed by atoms with Crippen LogP contribution in [0.3, 0.4) is 0 Å². The first-order valence-corrected chi connectivity index (χ1v) is 17.8. The molecule has 0 aromatic carbocycles. The zero-order valence-electron chi connectivity index (χ0n) is 31.1. The highest BCUT2D eigenvalue weighted by molar-refractivity contribution is 6.36. The molecular formula is C36H58O14. The van der Waals surface area contributed by atoms with Gasteiger partial charge in [-0.25, -0.2) is 19.2 Å². The number of hydrogen-bond acceptors (Lipinski definition) is 14. The average Bonchev–Trinajstić information content (AvgIpc) is 3.64. The van der Waals surface area contributed by atoms with Crippen LogP contribution >= 0.6 is 0 Å². The van der Waals surface area contributed by atoms with Gasteiger partial charge >= 0.3 is 23.9 Å². The second-order valence-corrected chi connectivity index (χ2v) is 14.3. The van der Waals surface area contributed by atoms with Crippen molar-refractivity contribution in [1.29, 1.82) is 0 Å². The Morgan fingerprint density at radius 3 is 1.52 bits per heavy atom. The third-order valence-corrected chi connectivity index (χ3v) is 9.05. The third kappa shape index (κ3) is 13.3. The standard InChI is InChI=1S/C36H58O14/c1-23(2)27(37)31(39)49-25-21-47-29-26(22-48-28(25)29)50-36(7,8)35(5,6)30(38)32(40)44-18-14-11-12-16-20-46-34(42)33(41)45-19-15-10-9-13-17-43-24(3)4/h23-26,28-29H,9-22H2,1-8H3/t25-,26-,28?,29?/m1/s1. The zero-order valence-corrected chi connectivity index (χ0v) is 31.1. The monoisotopic (exact) mass is 714 g/mol.